The van der Waals surface area contributed by atoms with Crippen LogP contribution in [-0.4, -0.2) is 37.2 Å². The number of carbonyl (C=O) groups is 3. The predicted octanol–water partition coefficient (Wildman–Crippen LogP) is 19.6. The zero-order chi connectivity index (χ0) is 54.3. The van der Waals surface area contributed by atoms with E-state index in [1.165, 1.54) is 38.5 Å². The van der Waals surface area contributed by atoms with Gasteiger partial charge in [-0.3, -0.25) is 14.4 Å². The molecule has 0 aliphatic heterocycles. The van der Waals surface area contributed by atoms with Gasteiger partial charge in [0.1, 0.15) is 13.2 Å². The number of unbranched alkanes of at least 4 members (excludes halogenated alkanes) is 15. The molecule has 6 nitrogen and oxygen atoms in total. The molecule has 0 heterocycles. The maximum Gasteiger partial charge on any atom is 0.306 e. The summed E-state index contributed by atoms with van der Waals surface area (Å²) in [5.41, 5.74) is 0. The van der Waals surface area contributed by atoms with E-state index in [0.717, 1.165) is 96.3 Å². The summed E-state index contributed by atoms with van der Waals surface area (Å²) in [6, 6.07) is 0. The van der Waals surface area contributed by atoms with E-state index in [1.54, 1.807) is 0 Å². The Balaban J connectivity index is 4.65. The van der Waals surface area contributed by atoms with Gasteiger partial charge in [-0.1, -0.05) is 285 Å². The Morgan fingerprint density at radius 1 is 0.280 bits per heavy atom. The molecule has 0 saturated heterocycles. The van der Waals surface area contributed by atoms with Crippen LogP contribution in [0.4, 0.5) is 0 Å². The maximum absolute atomic E-state index is 12.9. The Bertz CT molecular complexity index is 1900. The number of ether oxygens (including phenoxy) is 3. The maximum atomic E-state index is 12.9. The summed E-state index contributed by atoms with van der Waals surface area (Å²) in [4.78, 5) is 38.2. The minimum Gasteiger partial charge on any atom is -0.462 e. The molecule has 1 unspecified atom stereocenters. The first kappa shape index (κ1) is 69.0. The van der Waals surface area contributed by atoms with Gasteiger partial charge < -0.3 is 14.2 Å². The molecule has 0 rings (SSSR count). The van der Waals surface area contributed by atoms with E-state index in [0.29, 0.717) is 19.3 Å². The largest absolute Gasteiger partial charge is 0.462 e. The molecule has 412 valence electrons. The minimum atomic E-state index is -0.839. The molecule has 0 N–H and O–H groups in total. The minimum absolute atomic E-state index is 0.128. The number of hydrogen-bond acceptors (Lipinski definition) is 6. The summed E-state index contributed by atoms with van der Waals surface area (Å²) in [5, 5.41) is 0. The molecule has 0 aromatic carbocycles. The average molecular weight is 1030 g/mol. The number of allylic oxidation sites excluding steroid dienone is 34. The van der Waals surface area contributed by atoms with Gasteiger partial charge in [0.15, 0.2) is 6.10 Å². The Morgan fingerprint density at radius 2 is 0.547 bits per heavy atom. The first-order valence-corrected chi connectivity index (χ1v) is 28.8. The number of rotatable bonds is 48. The molecule has 1 atom stereocenters. The van der Waals surface area contributed by atoms with E-state index in [-0.39, 0.29) is 44.0 Å². The van der Waals surface area contributed by atoms with Gasteiger partial charge in [0.2, 0.25) is 0 Å². The van der Waals surface area contributed by atoms with Crippen molar-refractivity contribution < 1.29 is 28.6 Å². The number of hydrogen-bond donors (Lipinski definition) is 0. The molecule has 6 heteroatoms. The SMILES string of the molecule is CC\C=C/C=C\C=C/C=C\C=C\C=C/C=C\CCCCCC(=O)OCC(COC(=O)CCCCCCCCCCC/C=C\C/C=C\C/C=C\CC)OC(=O)CCCCC\C=C/C=C\C=C\C=C/C=C\C=C/C=C\CC. The fourth-order valence-electron chi connectivity index (χ4n) is 6.95. The monoisotopic (exact) mass is 1020 g/mol. The average Bonchev–Trinajstić information content (AvgIpc) is 3.41. The topological polar surface area (TPSA) is 78.9 Å². The first-order valence-electron chi connectivity index (χ1n) is 28.8. The fourth-order valence-corrected chi connectivity index (χ4v) is 6.95. The van der Waals surface area contributed by atoms with Crippen LogP contribution in [0, 0.1) is 0 Å². The van der Waals surface area contributed by atoms with Gasteiger partial charge in [0.25, 0.3) is 0 Å². The van der Waals surface area contributed by atoms with Crippen LogP contribution in [-0.2, 0) is 28.6 Å². The highest BCUT2D eigenvalue weighted by Crippen LogP contribution is 2.13. The normalized spacial score (nSPS) is 13.7. The van der Waals surface area contributed by atoms with Crippen LogP contribution in [0.15, 0.2) is 207 Å². The molecule has 75 heavy (non-hydrogen) atoms. The molecular weight excluding hydrogens is 925 g/mol. The van der Waals surface area contributed by atoms with Crippen LogP contribution in [0.2, 0.25) is 0 Å². The lowest BCUT2D eigenvalue weighted by Crippen LogP contribution is -2.30. The molecule has 0 aliphatic rings. The second-order valence-electron chi connectivity index (χ2n) is 18.1. The molecule has 0 aromatic heterocycles. The third-order valence-corrected chi connectivity index (χ3v) is 11.2. The zero-order valence-electron chi connectivity index (χ0n) is 47.0. The first-order chi connectivity index (χ1) is 37.0. The lowest BCUT2D eigenvalue weighted by molar-refractivity contribution is -0.167. The zero-order valence-corrected chi connectivity index (χ0v) is 47.0. The van der Waals surface area contributed by atoms with Crippen molar-refractivity contribution in [2.75, 3.05) is 13.2 Å². The summed E-state index contributed by atoms with van der Waals surface area (Å²) in [6.07, 6.45) is 93.7. The molecule has 0 radical (unpaired) electrons. The Kier molecular flexibility index (Phi) is 55.7. The molecule has 0 spiro atoms. The van der Waals surface area contributed by atoms with Crippen molar-refractivity contribution in [1.29, 1.82) is 0 Å². The van der Waals surface area contributed by atoms with Gasteiger partial charge in [-0.15, -0.1) is 0 Å². The van der Waals surface area contributed by atoms with Crippen molar-refractivity contribution in [3.05, 3.63) is 207 Å². The van der Waals surface area contributed by atoms with Gasteiger partial charge in [-0.05, 0) is 89.9 Å². The highest BCUT2D eigenvalue weighted by Gasteiger charge is 2.19. The third-order valence-electron chi connectivity index (χ3n) is 11.2. The molecule has 0 aromatic rings. The second kappa shape index (κ2) is 60.5. The van der Waals surface area contributed by atoms with Crippen molar-refractivity contribution in [3.8, 4) is 0 Å². The van der Waals surface area contributed by atoms with Gasteiger partial charge in [-0.25, -0.2) is 0 Å². The van der Waals surface area contributed by atoms with Crippen molar-refractivity contribution in [1.82, 2.24) is 0 Å². The molecular formula is C69H100O6. The Labute approximate surface area is 458 Å². The fraction of sp³-hybridized carbons (Fsp3) is 0.464. The molecule has 0 aliphatic carbocycles. The van der Waals surface area contributed by atoms with Gasteiger partial charge in [0, 0.05) is 19.3 Å². The molecule has 0 saturated carbocycles. The molecule has 0 amide bonds. The third kappa shape index (κ3) is 58.7. The Hall–Kier alpha value is -6.01. The van der Waals surface area contributed by atoms with Gasteiger partial charge >= 0.3 is 17.9 Å². The van der Waals surface area contributed by atoms with Crippen LogP contribution >= 0.6 is 0 Å². The van der Waals surface area contributed by atoms with E-state index < -0.39 is 6.10 Å². The smallest absolute Gasteiger partial charge is 0.306 e. The quantitative estimate of drug-likeness (QED) is 0.0199. The van der Waals surface area contributed by atoms with E-state index in [9.17, 15) is 14.4 Å². The van der Waals surface area contributed by atoms with E-state index in [2.05, 4.69) is 81.5 Å². The van der Waals surface area contributed by atoms with Crippen LogP contribution in [0.5, 0.6) is 0 Å². The van der Waals surface area contributed by atoms with E-state index in [4.69, 9.17) is 14.2 Å². The summed E-state index contributed by atoms with van der Waals surface area (Å²) in [7, 11) is 0. The van der Waals surface area contributed by atoms with Gasteiger partial charge in [0.05, 0.1) is 0 Å². The Morgan fingerprint density at radius 3 is 0.920 bits per heavy atom. The highest BCUT2D eigenvalue weighted by atomic mass is 16.6. The van der Waals surface area contributed by atoms with Crippen molar-refractivity contribution in [2.45, 2.75) is 194 Å². The van der Waals surface area contributed by atoms with Crippen molar-refractivity contribution in [3.63, 3.8) is 0 Å². The standard InChI is InChI=1S/C69H100O6/c1-4-7-10-13-16-19-22-25-28-31-34-37-40-43-46-49-52-55-58-61-67(70)73-64-66(75-69(72)63-60-57-54-51-48-45-42-39-36-33-30-27-24-21-18-15-12-9-6-3)65-74-68(71)62-59-56-53-50-47-44-41-38-35-32-29-26-23-20-17-14-11-8-5-2/h7-13,15-22,24-31,33-34,36-37,39-40,42-43,45-46,48,66H,4-6,14,23,32,35,38,41,44,47,49-65H2,1-3H3/b10-7-,11-8-,12-9-,16-13-,18-15-,20-17-,22-19-,24-21-,28-25-,29-26-,30-27-,34-31+,36-33+,40-37-,42-39-,46-43-,48-45-. The predicted molar refractivity (Wildman–Crippen MR) is 324 cm³/mol. The van der Waals surface area contributed by atoms with Gasteiger partial charge in [-0.2, -0.15) is 0 Å². The lowest BCUT2D eigenvalue weighted by Gasteiger charge is -2.18. The number of carbonyl (C=O) groups excluding carboxylic acids is 3. The van der Waals surface area contributed by atoms with Crippen molar-refractivity contribution in [2.24, 2.45) is 0 Å². The number of esters is 3. The van der Waals surface area contributed by atoms with E-state index in [1.807, 2.05) is 146 Å². The molecule has 0 bridgehead atoms. The van der Waals surface area contributed by atoms with Crippen LogP contribution < -0.4 is 0 Å². The summed E-state index contributed by atoms with van der Waals surface area (Å²) in [6.45, 7) is 6.13. The lowest BCUT2D eigenvalue weighted by atomic mass is 10.1. The summed E-state index contributed by atoms with van der Waals surface area (Å²) >= 11 is 0. The second-order valence-corrected chi connectivity index (χ2v) is 18.1. The highest BCUT2D eigenvalue weighted by molar-refractivity contribution is 5.71. The van der Waals surface area contributed by atoms with Crippen LogP contribution in [0.3, 0.4) is 0 Å². The van der Waals surface area contributed by atoms with Crippen LogP contribution in [0.1, 0.15) is 188 Å². The van der Waals surface area contributed by atoms with Crippen molar-refractivity contribution >= 4 is 17.9 Å². The summed E-state index contributed by atoms with van der Waals surface area (Å²) < 4.78 is 16.8. The van der Waals surface area contributed by atoms with Crippen LogP contribution in [0.25, 0.3) is 0 Å². The van der Waals surface area contributed by atoms with E-state index >= 15 is 0 Å². The molecule has 0 fully saturated rings. The summed E-state index contributed by atoms with van der Waals surface area (Å²) in [5.74, 6) is -1.04.